The minimum Gasteiger partial charge on any atom is -0.447 e. The molecule has 1 N–H and O–H groups in total. The molecule has 0 aliphatic heterocycles. The minimum atomic E-state index is -3.50. The fourth-order valence-electron chi connectivity index (χ4n) is 1.54. The molecule has 5 nitrogen and oxygen atoms in total. The Morgan fingerprint density at radius 3 is 2.67 bits per heavy atom. The first-order valence-corrected chi connectivity index (χ1v) is 7.65. The lowest BCUT2D eigenvalue weighted by molar-refractivity contribution is 0.362. The van der Waals surface area contributed by atoms with E-state index in [0.717, 1.165) is 0 Å². The van der Waals surface area contributed by atoms with Crippen LogP contribution in [0.2, 0.25) is 0 Å². The summed E-state index contributed by atoms with van der Waals surface area (Å²) in [4.78, 5) is 0. The van der Waals surface area contributed by atoms with E-state index in [1.807, 2.05) is 13.8 Å². The number of sulfonamides is 1. The highest BCUT2D eigenvalue weighted by Gasteiger charge is 2.27. The van der Waals surface area contributed by atoms with Crippen molar-refractivity contribution < 1.29 is 12.8 Å². The molecule has 0 radical (unpaired) electrons. The van der Waals surface area contributed by atoms with Gasteiger partial charge in [-0.2, -0.15) is 4.31 Å². The second-order valence-electron chi connectivity index (χ2n) is 4.99. The molecule has 1 heterocycles. The Bertz CT molecular complexity index is 503. The molecule has 0 atom stereocenters. The number of furan rings is 1. The predicted molar refractivity (Wildman–Crippen MR) is 68.7 cm³/mol. The van der Waals surface area contributed by atoms with Crippen molar-refractivity contribution >= 4 is 10.0 Å². The van der Waals surface area contributed by atoms with Crippen LogP contribution in [0.5, 0.6) is 0 Å². The predicted octanol–water partition coefficient (Wildman–Crippen LogP) is 1.56. The molecule has 1 aliphatic rings. The summed E-state index contributed by atoms with van der Waals surface area (Å²) in [5.74, 6) is 0.664. The average Bonchev–Trinajstić information content (AvgIpc) is 3.01. The summed E-state index contributed by atoms with van der Waals surface area (Å²) >= 11 is 0. The molecule has 0 unspecified atom stereocenters. The summed E-state index contributed by atoms with van der Waals surface area (Å²) in [7, 11) is -1.94. The quantitative estimate of drug-likeness (QED) is 0.853. The fraction of sp³-hybridized carbons (Fsp3) is 0.667. The zero-order chi connectivity index (χ0) is 13.3. The van der Waals surface area contributed by atoms with Gasteiger partial charge < -0.3 is 9.73 Å². The summed E-state index contributed by atoms with van der Waals surface area (Å²) in [6.45, 7) is 4.25. The van der Waals surface area contributed by atoms with Gasteiger partial charge in [0, 0.05) is 19.1 Å². The lowest BCUT2D eigenvalue weighted by Gasteiger charge is -2.19. The zero-order valence-corrected chi connectivity index (χ0v) is 11.8. The van der Waals surface area contributed by atoms with Gasteiger partial charge in [0.25, 0.3) is 10.0 Å². The SMILES string of the molecule is CC(C)N(C)S(=O)(=O)c1ccc(CNC2CC2)o1. The van der Waals surface area contributed by atoms with E-state index in [2.05, 4.69) is 5.32 Å². The van der Waals surface area contributed by atoms with Crippen LogP contribution in [-0.2, 0) is 16.6 Å². The number of hydrogen-bond donors (Lipinski definition) is 1. The third kappa shape index (κ3) is 2.93. The third-order valence-corrected chi connectivity index (χ3v) is 5.05. The molecule has 102 valence electrons. The highest BCUT2D eigenvalue weighted by atomic mass is 32.2. The molecule has 1 saturated carbocycles. The number of rotatable bonds is 6. The number of nitrogens with zero attached hydrogens (tertiary/aromatic N) is 1. The van der Waals surface area contributed by atoms with Crippen molar-refractivity contribution in [2.24, 2.45) is 0 Å². The Kier molecular flexibility index (Phi) is 3.79. The third-order valence-electron chi connectivity index (χ3n) is 3.14. The first kappa shape index (κ1) is 13.6. The van der Waals surface area contributed by atoms with E-state index >= 15 is 0 Å². The standard InChI is InChI=1S/C12H20N2O3S/c1-9(2)14(3)18(15,16)12-7-6-11(17-12)8-13-10-4-5-10/h6-7,9-10,13H,4-5,8H2,1-3H3. The van der Waals surface area contributed by atoms with Gasteiger partial charge in [-0.25, -0.2) is 8.42 Å². The smallest absolute Gasteiger partial charge is 0.276 e. The Hall–Kier alpha value is -0.850. The van der Waals surface area contributed by atoms with E-state index in [1.54, 1.807) is 13.1 Å². The fourth-order valence-corrected chi connectivity index (χ4v) is 2.84. The second-order valence-corrected chi connectivity index (χ2v) is 6.92. The van der Waals surface area contributed by atoms with Crippen LogP contribution in [0.3, 0.4) is 0 Å². The minimum absolute atomic E-state index is 0.0197. The Balaban J connectivity index is 2.07. The van der Waals surface area contributed by atoms with Gasteiger partial charge in [0.2, 0.25) is 5.09 Å². The van der Waals surface area contributed by atoms with Crippen LogP contribution in [0.15, 0.2) is 21.6 Å². The van der Waals surface area contributed by atoms with Crippen LogP contribution in [-0.4, -0.2) is 31.9 Å². The Labute approximate surface area is 108 Å². The Morgan fingerprint density at radius 2 is 2.11 bits per heavy atom. The van der Waals surface area contributed by atoms with Crippen molar-refractivity contribution in [2.45, 2.75) is 50.4 Å². The zero-order valence-electron chi connectivity index (χ0n) is 11.0. The molecule has 0 bridgehead atoms. The monoisotopic (exact) mass is 272 g/mol. The number of nitrogens with one attached hydrogen (secondary N) is 1. The maximum Gasteiger partial charge on any atom is 0.276 e. The normalized spacial score (nSPS) is 16.7. The van der Waals surface area contributed by atoms with Crippen LogP contribution >= 0.6 is 0 Å². The van der Waals surface area contributed by atoms with Gasteiger partial charge in [-0.05, 0) is 38.8 Å². The van der Waals surface area contributed by atoms with Crippen LogP contribution in [0.25, 0.3) is 0 Å². The van der Waals surface area contributed by atoms with Gasteiger partial charge in [0.1, 0.15) is 5.76 Å². The van der Waals surface area contributed by atoms with E-state index in [9.17, 15) is 8.42 Å². The summed E-state index contributed by atoms with van der Waals surface area (Å²) < 4.78 is 31.0. The topological polar surface area (TPSA) is 62.6 Å². The van der Waals surface area contributed by atoms with Crippen molar-refractivity contribution in [3.63, 3.8) is 0 Å². The van der Waals surface area contributed by atoms with Gasteiger partial charge in [-0.3, -0.25) is 0 Å². The first-order chi connectivity index (χ1) is 8.41. The summed E-state index contributed by atoms with van der Waals surface area (Å²) in [5, 5.41) is 3.31. The van der Waals surface area contributed by atoms with Crippen LogP contribution in [0.4, 0.5) is 0 Å². The van der Waals surface area contributed by atoms with Gasteiger partial charge in [-0.15, -0.1) is 0 Å². The van der Waals surface area contributed by atoms with Gasteiger partial charge >= 0.3 is 0 Å². The van der Waals surface area contributed by atoms with E-state index in [-0.39, 0.29) is 11.1 Å². The lowest BCUT2D eigenvalue weighted by Crippen LogP contribution is -2.32. The van der Waals surface area contributed by atoms with Crippen molar-refractivity contribution in [1.82, 2.24) is 9.62 Å². The number of hydrogen-bond acceptors (Lipinski definition) is 4. The maximum atomic E-state index is 12.1. The molecular formula is C12H20N2O3S. The van der Waals surface area contributed by atoms with E-state index in [0.29, 0.717) is 18.3 Å². The Morgan fingerprint density at radius 1 is 1.44 bits per heavy atom. The summed E-state index contributed by atoms with van der Waals surface area (Å²) in [5.41, 5.74) is 0. The van der Waals surface area contributed by atoms with Crippen molar-refractivity contribution in [2.75, 3.05) is 7.05 Å². The van der Waals surface area contributed by atoms with E-state index < -0.39 is 10.0 Å². The van der Waals surface area contributed by atoms with Crippen LogP contribution in [0.1, 0.15) is 32.4 Å². The second kappa shape index (κ2) is 5.03. The van der Waals surface area contributed by atoms with Gasteiger partial charge in [0.15, 0.2) is 0 Å². The van der Waals surface area contributed by atoms with Gasteiger partial charge in [0.05, 0.1) is 6.54 Å². The molecule has 1 aromatic heterocycles. The lowest BCUT2D eigenvalue weighted by atomic mass is 10.4. The van der Waals surface area contributed by atoms with Crippen LogP contribution < -0.4 is 5.32 Å². The van der Waals surface area contributed by atoms with E-state index in [4.69, 9.17) is 4.42 Å². The van der Waals surface area contributed by atoms with E-state index in [1.165, 1.54) is 23.2 Å². The molecule has 18 heavy (non-hydrogen) atoms. The highest BCUT2D eigenvalue weighted by Crippen LogP contribution is 2.22. The molecule has 2 rings (SSSR count). The van der Waals surface area contributed by atoms with Crippen molar-refractivity contribution in [1.29, 1.82) is 0 Å². The maximum absolute atomic E-state index is 12.1. The summed E-state index contributed by atoms with van der Waals surface area (Å²) in [6.07, 6.45) is 2.39. The molecule has 1 aromatic rings. The largest absolute Gasteiger partial charge is 0.447 e. The molecule has 1 aliphatic carbocycles. The molecule has 1 fully saturated rings. The molecule has 0 spiro atoms. The first-order valence-electron chi connectivity index (χ1n) is 6.21. The molecule has 0 saturated heterocycles. The summed E-state index contributed by atoms with van der Waals surface area (Å²) in [6, 6.07) is 3.73. The van der Waals surface area contributed by atoms with Crippen molar-refractivity contribution in [3.8, 4) is 0 Å². The molecule has 6 heteroatoms. The van der Waals surface area contributed by atoms with Gasteiger partial charge in [-0.1, -0.05) is 0 Å². The van der Waals surface area contributed by atoms with Crippen LogP contribution in [0, 0.1) is 0 Å². The average molecular weight is 272 g/mol. The highest BCUT2D eigenvalue weighted by molar-refractivity contribution is 7.89. The molecular weight excluding hydrogens is 252 g/mol. The molecule has 0 aromatic carbocycles. The molecule has 0 amide bonds. The van der Waals surface area contributed by atoms with Crippen molar-refractivity contribution in [3.05, 3.63) is 17.9 Å².